The number of sulfonamides is 1. The number of piperazine rings is 1. The monoisotopic (exact) mass is 372 g/mol. The van der Waals surface area contributed by atoms with Gasteiger partial charge in [-0.2, -0.15) is 4.31 Å². The number of benzene rings is 1. The van der Waals surface area contributed by atoms with Crippen LogP contribution in [0.25, 0.3) is 0 Å². The van der Waals surface area contributed by atoms with E-state index in [-0.39, 0.29) is 23.1 Å². The second kappa shape index (κ2) is 7.77. The lowest BCUT2D eigenvalue weighted by atomic mass is 10.3. The van der Waals surface area contributed by atoms with Gasteiger partial charge in [0.15, 0.2) is 5.11 Å². The van der Waals surface area contributed by atoms with E-state index in [0.29, 0.717) is 25.4 Å². The fraction of sp³-hybridized carbons (Fsp3) is 0.429. The van der Waals surface area contributed by atoms with E-state index < -0.39 is 16.1 Å². The Labute approximate surface area is 146 Å². The number of amides is 1. The average Bonchev–Trinajstić information content (AvgIpc) is 2.55. The smallest absolute Gasteiger partial charge is 0.409 e. The summed E-state index contributed by atoms with van der Waals surface area (Å²) in [5, 5.41) is 2.85. The molecule has 3 N–H and O–H groups in total. The summed E-state index contributed by atoms with van der Waals surface area (Å²) in [5.74, 6) is 0. The lowest BCUT2D eigenvalue weighted by molar-refractivity contribution is 0.0934. The summed E-state index contributed by atoms with van der Waals surface area (Å²) in [6.45, 7) is 3.10. The maximum absolute atomic E-state index is 12.6. The van der Waals surface area contributed by atoms with Crippen molar-refractivity contribution < 1.29 is 17.9 Å². The molecule has 0 aliphatic carbocycles. The van der Waals surface area contributed by atoms with Crippen molar-refractivity contribution in [1.29, 1.82) is 0 Å². The number of hydrogen-bond acceptors (Lipinski definition) is 5. The molecule has 1 fully saturated rings. The van der Waals surface area contributed by atoms with E-state index >= 15 is 0 Å². The molecule has 1 aromatic rings. The number of carbonyl (C=O) groups excluding carboxylic acids is 1. The van der Waals surface area contributed by atoms with Crippen LogP contribution >= 0.6 is 12.2 Å². The Balaban J connectivity index is 2.03. The fourth-order valence-corrected chi connectivity index (χ4v) is 3.87. The Kier molecular flexibility index (Phi) is 5.97. The predicted molar refractivity (Wildman–Crippen MR) is 94.2 cm³/mol. The molecule has 0 saturated carbocycles. The highest BCUT2D eigenvalue weighted by Crippen LogP contribution is 2.20. The summed E-state index contributed by atoms with van der Waals surface area (Å²) >= 11 is 4.73. The zero-order valence-electron chi connectivity index (χ0n) is 13.3. The first kappa shape index (κ1) is 18.4. The number of ether oxygens (including phenoxy) is 1. The lowest BCUT2D eigenvalue weighted by Gasteiger charge is -2.33. The van der Waals surface area contributed by atoms with Crippen LogP contribution in [0.5, 0.6) is 0 Å². The number of rotatable bonds is 4. The summed E-state index contributed by atoms with van der Waals surface area (Å²) in [4.78, 5) is 13.3. The van der Waals surface area contributed by atoms with Gasteiger partial charge in [-0.1, -0.05) is 0 Å². The van der Waals surface area contributed by atoms with Crippen molar-refractivity contribution in [2.75, 3.05) is 38.1 Å². The molecule has 0 spiro atoms. The molecule has 1 aliphatic rings. The Hall–Kier alpha value is -1.91. The first-order chi connectivity index (χ1) is 11.3. The Bertz CT molecular complexity index is 698. The zero-order valence-corrected chi connectivity index (χ0v) is 14.9. The van der Waals surface area contributed by atoms with Gasteiger partial charge in [0.25, 0.3) is 0 Å². The first-order valence-electron chi connectivity index (χ1n) is 7.43. The van der Waals surface area contributed by atoms with E-state index in [1.165, 1.54) is 21.3 Å². The zero-order chi connectivity index (χ0) is 17.7. The molecule has 0 atom stereocenters. The van der Waals surface area contributed by atoms with Gasteiger partial charge < -0.3 is 20.7 Å². The lowest BCUT2D eigenvalue weighted by Crippen LogP contribution is -2.50. The van der Waals surface area contributed by atoms with Gasteiger partial charge in [0.1, 0.15) is 0 Å². The third-order valence-electron chi connectivity index (χ3n) is 3.52. The number of anilines is 1. The van der Waals surface area contributed by atoms with Gasteiger partial charge in [-0.15, -0.1) is 0 Å². The summed E-state index contributed by atoms with van der Waals surface area (Å²) in [5.41, 5.74) is 5.99. The average molecular weight is 372 g/mol. The molecule has 1 amide bonds. The van der Waals surface area contributed by atoms with Crippen LogP contribution in [0.1, 0.15) is 6.92 Å². The molecule has 0 bridgehead atoms. The topological polar surface area (TPSA) is 105 Å². The summed E-state index contributed by atoms with van der Waals surface area (Å²) < 4.78 is 31.6. The fourth-order valence-electron chi connectivity index (χ4n) is 2.33. The quantitative estimate of drug-likeness (QED) is 0.753. The molecule has 1 saturated heterocycles. The SMILES string of the molecule is CCOC(=O)N1CCN(S(=O)(=O)c2ccc(NC(N)=S)cc2)CC1. The van der Waals surface area contributed by atoms with Crippen LogP contribution in [-0.4, -0.2) is 61.6 Å². The van der Waals surface area contributed by atoms with Crippen LogP contribution in [0.15, 0.2) is 29.2 Å². The molecule has 8 nitrogen and oxygen atoms in total. The normalized spacial score (nSPS) is 15.8. The molecule has 10 heteroatoms. The Morgan fingerprint density at radius 2 is 1.83 bits per heavy atom. The number of thiocarbonyl (C=S) groups is 1. The Morgan fingerprint density at radius 3 is 2.33 bits per heavy atom. The van der Waals surface area contributed by atoms with Crippen LogP contribution in [0.4, 0.5) is 10.5 Å². The minimum atomic E-state index is -3.61. The number of nitrogens with one attached hydrogen (secondary N) is 1. The molecule has 0 radical (unpaired) electrons. The van der Waals surface area contributed by atoms with Crippen molar-refractivity contribution in [3.8, 4) is 0 Å². The minimum Gasteiger partial charge on any atom is -0.450 e. The molecule has 2 rings (SSSR count). The van der Waals surface area contributed by atoms with Crippen molar-refractivity contribution in [3.05, 3.63) is 24.3 Å². The highest BCUT2D eigenvalue weighted by Gasteiger charge is 2.30. The number of hydrogen-bond donors (Lipinski definition) is 2. The molecule has 0 unspecified atom stereocenters. The summed E-state index contributed by atoms with van der Waals surface area (Å²) in [6.07, 6.45) is -0.414. The third kappa shape index (κ3) is 4.34. The van der Waals surface area contributed by atoms with Crippen LogP contribution in [0, 0.1) is 0 Å². The summed E-state index contributed by atoms with van der Waals surface area (Å²) in [7, 11) is -3.61. The molecule has 24 heavy (non-hydrogen) atoms. The maximum atomic E-state index is 12.6. The number of nitrogens with zero attached hydrogens (tertiary/aromatic N) is 2. The number of carbonyl (C=O) groups is 1. The van der Waals surface area contributed by atoms with E-state index in [1.54, 1.807) is 19.1 Å². The van der Waals surface area contributed by atoms with Crippen molar-refractivity contribution in [1.82, 2.24) is 9.21 Å². The van der Waals surface area contributed by atoms with Gasteiger partial charge in [-0.05, 0) is 43.4 Å². The Morgan fingerprint density at radius 1 is 1.25 bits per heavy atom. The highest BCUT2D eigenvalue weighted by molar-refractivity contribution is 7.89. The minimum absolute atomic E-state index is 0.112. The van der Waals surface area contributed by atoms with Gasteiger partial charge in [0, 0.05) is 31.9 Å². The summed E-state index contributed by atoms with van der Waals surface area (Å²) in [6, 6.07) is 6.18. The van der Waals surface area contributed by atoms with Crippen LogP contribution < -0.4 is 11.1 Å². The number of nitrogens with two attached hydrogens (primary N) is 1. The maximum Gasteiger partial charge on any atom is 0.409 e. The van der Waals surface area contributed by atoms with Gasteiger partial charge in [0.05, 0.1) is 11.5 Å². The van der Waals surface area contributed by atoms with Gasteiger partial charge >= 0.3 is 6.09 Å². The predicted octanol–water partition coefficient (Wildman–Crippen LogP) is 0.805. The van der Waals surface area contributed by atoms with E-state index in [9.17, 15) is 13.2 Å². The van der Waals surface area contributed by atoms with Crippen LogP contribution in [-0.2, 0) is 14.8 Å². The van der Waals surface area contributed by atoms with Crippen LogP contribution in [0.3, 0.4) is 0 Å². The van der Waals surface area contributed by atoms with Crippen molar-refractivity contribution >= 4 is 39.1 Å². The van der Waals surface area contributed by atoms with Crippen molar-refractivity contribution in [3.63, 3.8) is 0 Å². The molecule has 1 aliphatic heterocycles. The molecule has 132 valence electrons. The standard InChI is InChI=1S/C14H20N4O4S2/c1-2-22-14(19)17-7-9-18(10-8-17)24(20,21)12-5-3-11(4-6-12)16-13(15)23/h3-6H,2,7-10H2,1H3,(H3,15,16,23). The van der Waals surface area contributed by atoms with Crippen molar-refractivity contribution in [2.45, 2.75) is 11.8 Å². The third-order valence-corrected chi connectivity index (χ3v) is 5.54. The van der Waals surface area contributed by atoms with E-state index in [1.807, 2.05) is 0 Å². The second-order valence-electron chi connectivity index (χ2n) is 5.10. The van der Waals surface area contributed by atoms with E-state index in [4.69, 9.17) is 22.7 Å². The van der Waals surface area contributed by atoms with Crippen molar-refractivity contribution in [2.24, 2.45) is 5.73 Å². The van der Waals surface area contributed by atoms with E-state index in [2.05, 4.69) is 5.32 Å². The molecule has 1 aromatic carbocycles. The molecular weight excluding hydrogens is 352 g/mol. The molecule has 1 heterocycles. The molecular formula is C14H20N4O4S2. The van der Waals surface area contributed by atoms with Crippen LogP contribution in [0.2, 0.25) is 0 Å². The first-order valence-corrected chi connectivity index (χ1v) is 9.28. The van der Waals surface area contributed by atoms with E-state index in [0.717, 1.165) is 0 Å². The second-order valence-corrected chi connectivity index (χ2v) is 7.48. The molecule has 0 aromatic heterocycles. The van der Waals surface area contributed by atoms with Gasteiger partial charge in [-0.25, -0.2) is 13.2 Å². The van der Waals surface area contributed by atoms with Gasteiger partial charge in [0.2, 0.25) is 10.0 Å². The highest BCUT2D eigenvalue weighted by atomic mass is 32.2. The van der Waals surface area contributed by atoms with Gasteiger partial charge in [-0.3, -0.25) is 0 Å². The largest absolute Gasteiger partial charge is 0.450 e.